The second-order valence-corrected chi connectivity index (χ2v) is 11.0. The minimum absolute atomic E-state index is 0.0189. The van der Waals surface area contributed by atoms with Crippen LogP contribution in [0.1, 0.15) is 34.8 Å². The van der Waals surface area contributed by atoms with Crippen LogP contribution >= 0.6 is 11.6 Å². The molecule has 2 fully saturated rings. The molecule has 0 bridgehead atoms. The van der Waals surface area contributed by atoms with Crippen molar-refractivity contribution in [1.82, 2.24) is 24.3 Å². The summed E-state index contributed by atoms with van der Waals surface area (Å²) in [6, 6.07) is 7.81. The van der Waals surface area contributed by atoms with Crippen molar-refractivity contribution < 1.29 is 32.2 Å². The molecule has 43 heavy (non-hydrogen) atoms. The molecule has 2 saturated heterocycles. The van der Waals surface area contributed by atoms with Crippen LogP contribution in [-0.2, 0) is 20.4 Å². The van der Waals surface area contributed by atoms with Gasteiger partial charge in [0.25, 0.3) is 5.91 Å². The molecule has 1 aromatic carbocycles. The van der Waals surface area contributed by atoms with Crippen LogP contribution in [0.4, 0.5) is 24.8 Å². The third kappa shape index (κ3) is 5.37. The van der Waals surface area contributed by atoms with E-state index in [0.717, 1.165) is 18.3 Å². The number of anilines is 2. The van der Waals surface area contributed by atoms with Crippen LogP contribution in [-0.4, -0.2) is 69.0 Å². The number of nitrogen functional groups attached to an aromatic ring is 1. The number of halogens is 4. The molecule has 0 aliphatic carbocycles. The summed E-state index contributed by atoms with van der Waals surface area (Å²) in [5.74, 6) is -0.327. The Kier molecular flexibility index (Phi) is 7.22. The normalized spacial score (nSPS) is 18.3. The molecule has 6 rings (SSSR count). The van der Waals surface area contributed by atoms with Crippen LogP contribution in [0.5, 0.6) is 0 Å². The summed E-state index contributed by atoms with van der Waals surface area (Å²) in [6.45, 7) is 3.56. The summed E-state index contributed by atoms with van der Waals surface area (Å²) in [4.78, 5) is 40.5. The number of alkyl halides is 3. The molecule has 5 heterocycles. The number of fused-ring (bicyclic) bond motifs is 1. The van der Waals surface area contributed by atoms with Crippen molar-refractivity contribution >= 4 is 40.6 Å². The van der Waals surface area contributed by atoms with Crippen molar-refractivity contribution in [1.29, 1.82) is 0 Å². The van der Waals surface area contributed by atoms with Crippen LogP contribution in [0.2, 0.25) is 5.15 Å². The molecule has 2 amide bonds. The number of imidazole rings is 1. The molecular formula is C28H25ClF3N7O4. The first-order chi connectivity index (χ1) is 20.4. The molecule has 4 aromatic rings. The van der Waals surface area contributed by atoms with Gasteiger partial charge in [0.1, 0.15) is 39.9 Å². The molecular weight excluding hydrogens is 591 g/mol. The summed E-state index contributed by atoms with van der Waals surface area (Å²) < 4.78 is 52.1. The molecule has 3 N–H and O–H groups in total. The van der Waals surface area contributed by atoms with Gasteiger partial charge in [-0.15, -0.1) is 0 Å². The first-order valence-corrected chi connectivity index (χ1v) is 13.6. The molecule has 2 aliphatic rings. The number of nitrogens with two attached hydrogens (primary N) is 1. The van der Waals surface area contributed by atoms with Crippen molar-refractivity contribution in [3.8, 4) is 11.3 Å². The zero-order chi connectivity index (χ0) is 30.5. The first-order valence-electron chi connectivity index (χ1n) is 13.2. The van der Waals surface area contributed by atoms with Gasteiger partial charge in [-0.25, -0.2) is 15.0 Å². The third-order valence-corrected chi connectivity index (χ3v) is 7.68. The summed E-state index contributed by atoms with van der Waals surface area (Å²) in [7, 11) is 0. The topological polar surface area (TPSA) is 137 Å². The predicted octanol–water partition coefficient (Wildman–Crippen LogP) is 4.23. The minimum atomic E-state index is -4.57. The van der Waals surface area contributed by atoms with E-state index in [1.165, 1.54) is 18.3 Å². The van der Waals surface area contributed by atoms with E-state index in [2.05, 4.69) is 15.3 Å². The van der Waals surface area contributed by atoms with Gasteiger partial charge in [0.2, 0.25) is 5.91 Å². The third-order valence-electron chi connectivity index (χ3n) is 7.42. The van der Waals surface area contributed by atoms with Gasteiger partial charge in [0.15, 0.2) is 0 Å². The molecule has 0 spiro atoms. The summed E-state index contributed by atoms with van der Waals surface area (Å²) in [6.07, 6.45) is -2.82. The van der Waals surface area contributed by atoms with Gasteiger partial charge in [-0.1, -0.05) is 23.7 Å². The number of carbonyl (C=O) groups excluding carboxylic acids is 2. The zero-order valence-electron chi connectivity index (χ0n) is 22.7. The Morgan fingerprint density at radius 2 is 1.91 bits per heavy atom. The van der Waals surface area contributed by atoms with Crippen LogP contribution < -0.4 is 11.1 Å². The zero-order valence-corrected chi connectivity index (χ0v) is 23.4. The Morgan fingerprint density at radius 3 is 2.58 bits per heavy atom. The SMILES string of the molecule is CC1(C(=O)N2CCOC(c3nc(-c4ccc(C(=O)Nc5cc(C(F)(F)F)ccn5)cc4)c4c(N)ncc(Cl)n34)C2)COC1. The van der Waals surface area contributed by atoms with E-state index in [4.69, 9.17) is 31.8 Å². The maximum absolute atomic E-state index is 13.2. The highest BCUT2D eigenvalue weighted by molar-refractivity contribution is 6.30. The largest absolute Gasteiger partial charge is 0.416 e. The predicted molar refractivity (Wildman–Crippen MR) is 149 cm³/mol. The fourth-order valence-electron chi connectivity index (χ4n) is 5.10. The van der Waals surface area contributed by atoms with Crippen molar-refractivity contribution in [2.24, 2.45) is 5.41 Å². The average molecular weight is 616 g/mol. The molecule has 0 saturated carbocycles. The molecule has 11 nitrogen and oxygen atoms in total. The second-order valence-electron chi connectivity index (χ2n) is 10.6. The lowest BCUT2D eigenvalue weighted by molar-refractivity contribution is -0.175. The number of aromatic nitrogens is 4. The highest BCUT2D eigenvalue weighted by atomic mass is 35.5. The molecule has 15 heteroatoms. The lowest BCUT2D eigenvalue weighted by Gasteiger charge is -2.42. The molecule has 224 valence electrons. The smallest absolute Gasteiger partial charge is 0.382 e. The maximum Gasteiger partial charge on any atom is 0.416 e. The Labute approximate surface area is 247 Å². The summed E-state index contributed by atoms with van der Waals surface area (Å²) >= 11 is 6.56. The molecule has 1 atom stereocenters. The number of ether oxygens (including phenoxy) is 2. The van der Waals surface area contributed by atoms with Gasteiger partial charge in [0.05, 0.1) is 43.5 Å². The Bertz CT molecular complexity index is 1720. The summed E-state index contributed by atoms with van der Waals surface area (Å²) in [5, 5.41) is 2.61. The summed E-state index contributed by atoms with van der Waals surface area (Å²) in [5.41, 5.74) is 6.34. The fraction of sp³-hybridized carbons (Fsp3) is 0.321. The van der Waals surface area contributed by atoms with Crippen molar-refractivity contribution in [2.75, 3.05) is 44.0 Å². The number of amides is 2. The van der Waals surface area contributed by atoms with Gasteiger partial charge >= 0.3 is 6.18 Å². The number of morpholine rings is 1. The van der Waals surface area contributed by atoms with Crippen LogP contribution in [0.15, 0.2) is 48.8 Å². The van der Waals surface area contributed by atoms with E-state index in [0.29, 0.717) is 49.0 Å². The van der Waals surface area contributed by atoms with Crippen LogP contribution in [0.25, 0.3) is 16.8 Å². The average Bonchev–Trinajstić information content (AvgIpc) is 3.39. The lowest BCUT2D eigenvalue weighted by Crippen LogP contribution is -2.56. The van der Waals surface area contributed by atoms with Gasteiger partial charge < -0.3 is 25.4 Å². The van der Waals surface area contributed by atoms with E-state index in [1.54, 1.807) is 21.4 Å². The van der Waals surface area contributed by atoms with Crippen molar-refractivity contribution in [3.05, 3.63) is 70.9 Å². The van der Waals surface area contributed by atoms with E-state index < -0.39 is 29.2 Å². The number of pyridine rings is 1. The standard InChI is InChI=1S/C28H25ClF3N7O4/c1-27(13-42-14-27)26(41)38-8-9-43-18(12-38)24-37-21(22-23(33)35-11-19(29)39(22)24)15-2-4-16(5-3-15)25(40)36-20-10-17(6-7-34-20)28(30,31)32/h2-7,10-11,18H,8-9,12-14H2,1H3,(H2,33,35)(H,34,36,40). The van der Waals surface area contributed by atoms with E-state index >= 15 is 0 Å². The number of hydrogen-bond donors (Lipinski definition) is 2. The van der Waals surface area contributed by atoms with E-state index in [9.17, 15) is 22.8 Å². The minimum Gasteiger partial charge on any atom is -0.382 e. The highest BCUT2D eigenvalue weighted by Crippen LogP contribution is 2.36. The van der Waals surface area contributed by atoms with E-state index in [1.807, 2.05) is 6.92 Å². The van der Waals surface area contributed by atoms with Crippen molar-refractivity contribution in [3.63, 3.8) is 0 Å². The monoisotopic (exact) mass is 615 g/mol. The Balaban J connectivity index is 1.29. The highest BCUT2D eigenvalue weighted by Gasteiger charge is 2.45. The molecule has 3 aromatic heterocycles. The van der Waals surface area contributed by atoms with Gasteiger partial charge in [-0.3, -0.25) is 14.0 Å². The number of benzene rings is 1. The number of carbonyl (C=O) groups is 2. The molecule has 0 radical (unpaired) electrons. The number of rotatable bonds is 5. The van der Waals surface area contributed by atoms with Gasteiger partial charge in [-0.2, -0.15) is 13.2 Å². The number of hydrogen-bond acceptors (Lipinski definition) is 8. The number of nitrogens with one attached hydrogen (secondary N) is 1. The maximum atomic E-state index is 13.2. The van der Waals surface area contributed by atoms with E-state index in [-0.39, 0.29) is 34.8 Å². The first kappa shape index (κ1) is 28.8. The van der Waals surface area contributed by atoms with Gasteiger partial charge in [-0.05, 0) is 31.2 Å². The lowest BCUT2D eigenvalue weighted by atomic mass is 9.86. The van der Waals surface area contributed by atoms with Crippen LogP contribution in [0.3, 0.4) is 0 Å². The second kappa shape index (κ2) is 10.8. The van der Waals surface area contributed by atoms with Crippen LogP contribution in [0, 0.1) is 5.41 Å². The quantitative estimate of drug-likeness (QED) is 0.340. The molecule has 1 unspecified atom stereocenters. The van der Waals surface area contributed by atoms with Gasteiger partial charge in [0, 0.05) is 23.9 Å². The van der Waals surface area contributed by atoms with Crippen molar-refractivity contribution in [2.45, 2.75) is 19.2 Å². The Hall–Kier alpha value is -4.27. The molecule has 2 aliphatic heterocycles. The number of nitrogens with zero attached hydrogens (tertiary/aromatic N) is 5. The fourth-order valence-corrected chi connectivity index (χ4v) is 5.32. The Morgan fingerprint density at radius 1 is 1.16 bits per heavy atom.